The van der Waals surface area contributed by atoms with Crippen LogP contribution in [0.2, 0.25) is 0 Å². The maximum absolute atomic E-state index is 12.1. The van der Waals surface area contributed by atoms with E-state index >= 15 is 0 Å². The molecule has 0 saturated carbocycles. The first-order valence-corrected chi connectivity index (χ1v) is 5.78. The molecule has 0 radical (unpaired) electrons. The summed E-state index contributed by atoms with van der Waals surface area (Å²) in [5.41, 5.74) is -0.294. The van der Waals surface area contributed by atoms with Gasteiger partial charge in [-0.3, -0.25) is 9.59 Å². The Morgan fingerprint density at radius 1 is 1.68 bits per heavy atom. The van der Waals surface area contributed by atoms with Crippen LogP contribution in [0.25, 0.3) is 0 Å². The number of hydrogen-bond acceptors (Lipinski definition) is 5. The van der Waals surface area contributed by atoms with Crippen LogP contribution in [0.4, 0.5) is 0 Å². The smallest absolute Gasteiger partial charge is 0.327 e. The fraction of sp³-hybridized carbons (Fsp3) is 0.357. The van der Waals surface area contributed by atoms with Crippen LogP contribution in [0.3, 0.4) is 0 Å². The zero-order valence-corrected chi connectivity index (χ0v) is 10.7. The number of methoxy groups -OCH3 is 1. The lowest BCUT2D eigenvalue weighted by Crippen LogP contribution is -2.35. The molecule has 98 valence electrons. The Morgan fingerprint density at radius 2 is 2.42 bits per heavy atom. The number of nitrogens with zero attached hydrogens (tertiary/aromatic N) is 1. The number of esters is 1. The molecule has 1 aromatic heterocycles. The zero-order valence-electron chi connectivity index (χ0n) is 10.7. The molecule has 2 rings (SSSR count). The summed E-state index contributed by atoms with van der Waals surface area (Å²) in [6.45, 7) is 1.74. The Bertz CT molecular complexity index is 579. The fourth-order valence-corrected chi connectivity index (χ4v) is 2.68. The van der Waals surface area contributed by atoms with Crippen LogP contribution in [0, 0.1) is 16.7 Å². The van der Waals surface area contributed by atoms with E-state index in [2.05, 4.69) is 0 Å². The molecule has 0 spiro atoms. The Kier molecular flexibility index (Phi) is 3.26. The largest absolute Gasteiger partial charge is 0.469 e. The molecular formula is C14H13NO4. The number of ether oxygens (including phenoxy) is 1. The van der Waals surface area contributed by atoms with Gasteiger partial charge < -0.3 is 9.15 Å². The summed E-state index contributed by atoms with van der Waals surface area (Å²) in [7, 11) is 1.23. The van der Waals surface area contributed by atoms with E-state index in [4.69, 9.17) is 9.15 Å². The SMILES string of the molecule is COC(=O)[C@]1(C#N)CC(C)=C(C=O)[C@H]1c1ccco1. The molecule has 0 unspecified atom stereocenters. The van der Waals surface area contributed by atoms with Crippen molar-refractivity contribution in [3.05, 3.63) is 35.3 Å². The molecule has 0 aromatic carbocycles. The minimum atomic E-state index is -1.42. The summed E-state index contributed by atoms with van der Waals surface area (Å²) in [6, 6.07) is 5.34. The zero-order chi connectivity index (χ0) is 14.0. The highest BCUT2D eigenvalue weighted by atomic mass is 16.5. The normalized spacial score (nSPS) is 26.1. The molecule has 0 bridgehead atoms. The highest BCUT2D eigenvalue weighted by Gasteiger charge is 2.55. The lowest BCUT2D eigenvalue weighted by Gasteiger charge is -2.25. The van der Waals surface area contributed by atoms with Gasteiger partial charge in [0.15, 0.2) is 5.41 Å². The van der Waals surface area contributed by atoms with Gasteiger partial charge >= 0.3 is 5.97 Å². The third-order valence-corrected chi connectivity index (χ3v) is 3.54. The van der Waals surface area contributed by atoms with E-state index in [9.17, 15) is 14.9 Å². The Labute approximate surface area is 110 Å². The summed E-state index contributed by atoms with van der Waals surface area (Å²) in [5.74, 6) is -0.934. The number of carbonyl (C=O) groups is 2. The topological polar surface area (TPSA) is 80.3 Å². The maximum atomic E-state index is 12.1. The number of furan rings is 1. The van der Waals surface area contributed by atoms with E-state index in [1.165, 1.54) is 13.4 Å². The van der Waals surface area contributed by atoms with Crippen molar-refractivity contribution in [1.82, 2.24) is 0 Å². The molecule has 1 aliphatic carbocycles. The van der Waals surface area contributed by atoms with Gasteiger partial charge in [-0.25, -0.2) is 0 Å². The van der Waals surface area contributed by atoms with Crippen molar-refractivity contribution in [1.29, 1.82) is 5.26 Å². The average Bonchev–Trinajstić information content (AvgIpc) is 3.03. The fourth-order valence-electron chi connectivity index (χ4n) is 2.68. The predicted molar refractivity (Wildman–Crippen MR) is 64.9 cm³/mol. The highest BCUT2D eigenvalue weighted by Crippen LogP contribution is 2.52. The average molecular weight is 259 g/mol. The second-order valence-corrected chi connectivity index (χ2v) is 4.55. The lowest BCUT2D eigenvalue weighted by molar-refractivity contribution is -0.149. The lowest BCUT2D eigenvalue weighted by atomic mass is 9.75. The Hall–Kier alpha value is -2.35. The second-order valence-electron chi connectivity index (χ2n) is 4.55. The third-order valence-electron chi connectivity index (χ3n) is 3.54. The van der Waals surface area contributed by atoms with Gasteiger partial charge in [0, 0.05) is 5.57 Å². The van der Waals surface area contributed by atoms with Gasteiger partial charge in [-0.1, -0.05) is 5.57 Å². The molecule has 0 saturated heterocycles. The molecule has 2 atom stereocenters. The van der Waals surface area contributed by atoms with Crippen molar-refractivity contribution < 1.29 is 18.7 Å². The van der Waals surface area contributed by atoms with Gasteiger partial charge in [-0.15, -0.1) is 0 Å². The number of hydrogen-bond donors (Lipinski definition) is 0. The van der Waals surface area contributed by atoms with Gasteiger partial charge in [0.25, 0.3) is 0 Å². The molecule has 5 heteroatoms. The molecule has 1 aromatic rings. The molecule has 0 amide bonds. The predicted octanol–water partition coefficient (Wildman–Crippen LogP) is 1.97. The van der Waals surface area contributed by atoms with E-state index in [-0.39, 0.29) is 6.42 Å². The molecule has 1 aliphatic rings. The molecule has 0 fully saturated rings. The number of carbonyl (C=O) groups excluding carboxylic acids is 2. The number of allylic oxidation sites excluding steroid dienone is 2. The van der Waals surface area contributed by atoms with Crippen LogP contribution >= 0.6 is 0 Å². The molecule has 1 heterocycles. The highest BCUT2D eigenvalue weighted by molar-refractivity contribution is 5.89. The summed E-state index contributed by atoms with van der Waals surface area (Å²) >= 11 is 0. The first-order chi connectivity index (χ1) is 9.10. The molecule has 19 heavy (non-hydrogen) atoms. The number of nitriles is 1. The van der Waals surface area contributed by atoms with E-state index in [0.717, 1.165) is 0 Å². The number of rotatable bonds is 3. The van der Waals surface area contributed by atoms with E-state index < -0.39 is 17.3 Å². The molecule has 0 aliphatic heterocycles. The summed E-state index contributed by atoms with van der Waals surface area (Å²) < 4.78 is 10.0. The summed E-state index contributed by atoms with van der Waals surface area (Å²) in [5, 5.41) is 9.48. The maximum Gasteiger partial charge on any atom is 0.327 e. The first-order valence-electron chi connectivity index (χ1n) is 5.78. The van der Waals surface area contributed by atoms with Crippen molar-refractivity contribution in [2.75, 3.05) is 7.11 Å². The van der Waals surface area contributed by atoms with Crippen LogP contribution in [-0.4, -0.2) is 19.4 Å². The monoisotopic (exact) mass is 259 g/mol. The van der Waals surface area contributed by atoms with Gasteiger partial charge in [0.2, 0.25) is 0 Å². The van der Waals surface area contributed by atoms with Crippen molar-refractivity contribution >= 4 is 12.3 Å². The van der Waals surface area contributed by atoms with Crippen LogP contribution in [0.15, 0.2) is 34.0 Å². The van der Waals surface area contributed by atoms with Crippen molar-refractivity contribution in [2.45, 2.75) is 19.3 Å². The first kappa shape index (κ1) is 13.1. The summed E-state index contributed by atoms with van der Waals surface area (Å²) in [6.07, 6.45) is 2.31. The van der Waals surface area contributed by atoms with Gasteiger partial charge in [0.1, 0.15) is 12.0 Å². The molecule has 0 N–H and O–H groups in total. The van der Waals surface area contributed by atoms with Gasteiger partial charge in [-0.05, 0) is 25.5 Å². The minimum absolute atomic E-state index is 0.176. The van der Waals surface area contributed by atoms with Crippen LogP contribution < -0.4 is 0 Å². The van der Waals surface area contributed by atoms with E-state index in [0.29, 0.717) is 23.2 Å². The van der Waals surface area contributed by atoms with Crippen molar-refractivity contribution in [3.8, 4) is 6.07 Å². The van der Waals surface area contributed by atoms with Crippen molar-refractivity contribution in [3.63, 3.8) is 0 Å². The molecule has 5 nitrogen and oxygen atoms in total. The van der Waals surface area contributed by atoms with E-state index in [1.807, 2.05) is 6.07 Å². The number of aldehydes is 1. The third kappa shape index (κ3) is 1.76. The molecular weight excluding hydrogens is 246 g/mol. The summed E-state index contributed by atoms with van der Waals surface area (Å²) in [4.78, 5) is 23.3. The van der Waals surface area contributed by atoms with E-state index in [1.54, 1.807) is 19.1 Å². The van der Waals surface area contributed by atoms with Gasteiger partial charge in [-0.2, -0.15) is 5.26 Å². The second kappa shape index (κ2) is 4.73. The Balaban J connectivity index is 2.61. The Morgan fingerprint density at radius 3 is 2.89 bits per heavy atom. The van der Waals surface area contributed by atoms with Crippen LogP contribution in [0.1, 0.15) is 25.0 Å². The quantitative estimate of drug-likeness (QED) is 0.612. The van der Waals surface area contributed by atoms with Crippen molar-refractivity contribution in [2.24, 2.45) is 5.41 Å². The standard InChI is InChI=1S/C14H13NO4/c1-9-6-14(8-15,13(17)18-2)12(10(9)7-16)11-4-3-5-19-11/h3-5,7,12H,6H2,1-2H3/t12-,14-/m0/s1. The minimum Gasteiger partial charge on any atom is -0.469 e. The van der Waals surface area contributed by atoms with Crippen LogP contribution in [0.5, 0.6) is 0 Å². The van der Waals surface area contributed by atoms with Gasteiger partial charge in [0.05, 0.1) is 25.4 Å². The van der Waals surface area contributed by atoms with Crippen LogP contribution in [-0.2, 0) is 14.3 Å².